The molecule has 1 N–H and O–H groups in total. The van der Waals surface area contributed by atoms with Crippen molar-refractivity contribution in [2.24, 2.45) is 0 Å². The zero-order valence-electron chi connectivity index (χ0n) is 8.20. The van der Waals surface area contributed by atoms with Crippen LogP contribution in [-0.2, 0) is 6.61 Å². The second kappa shape index (κ2) is 4.82. The highest BCUT2D eigenvalue weighted by Gasteiger charge is 2.01. The topological polar surface area (TPSA) is 36.4 Å². The Bertz CT molecular complexity index is 259. The summed E-state index contributed by atoms with van der Waals surface area (Å²) in [5.41, 5.74) is 1.86. The van der Waals surface area contributed by atoms with Crippen molar-refractivity contribution in [3.8, 4) is 0 Å². The quantitative estimate of drug-likeness (QED) is 0.761. The number of nitrogens with zero attached hydrogens (tertiary/aromatic N) is 2. The Labute approximate surface area is 79.0 Å². The summed E-state index contributed by atoms with van der Waals surface area (Å²) in [4.78, 5) is 6.26. The van der Waals surface area contributed by atoms with Crippen LogP contribution in [0.5, 0.6) is 0 Å². The van der Waals surface area contributed by atoms with Gasteiger partial charge in [-0.3, -0.25) is 4.98 Å². The molecular formula is C10H16N2O. The van der Waals surface area contributed by atoms with Crippen molar-refractivity contribution < 1.29 is 5.11 Å². The lowest BCUT2D eigenvalue weighted by Gasteiger charge is -2.20. The lowest BCUT2D eigenvalue weighted by molar-refractivity contribution is 0.277. The maximum atomic E-state index is 8.91. The molecule has 0 saturated heterocycles. The van der Waals surface area contributed by atoms with E-state index in [2.05, 4.69) is 23.7 Å². The van der Waals surface area contributed by atoms with E-state index in [0.717, 1.165) is 24.5 Å². The summed E-state index contributed by atoms with van der Waals surface area (Å²) in [6, 6.07) is 3.89. The average Bonchev–Trinajstić information content (AvgIpc) is 2.20. The minimum absolute atomic E-state index is 0.00904. The molecule has 0 bridgehead atoms. The molecule has 0 spiro atoms. The van der Waals surface area contributed by atoms with Gasteiger partial charge in [-0.2, -0.15) is 0 Å². The molecule has 0 atom stereocenters. The molecule has 1 heterocycles. The van der Waals surface area contributed by atoms with Gasteiger partial charge in [0.2, 0.25) is 0 Å². The Kier molecular flexibility index (Phi) is 3.71. The Hall–Kier alpha value is -1.09. The highest BCUT2D eigenvalue weighted by atomic mass is 16.3. The van der Waals surface area contributed by atoms with Gasteiger partial charge in [0, 0.05) is 25.0 Å². The zero-order chi connectivity index (χ0) is 9.68. The Morgan fingerprint density at radius 3 is 2.62 bits per heavy atom. The van der Waals surface area contributed by atoms with Gasteiger partial charge in [-0.1, -0.05) is 0 Å². The van der Waals surface area contributed by atoms with Crippen molar-refractivity contribution in [1.29, 1.82) is 0 Å². The first-order valence-electron chi connectivity index (χ1n) is 4.62. The number of pyridine rings is 1. The first kappa shape index (κ1) is 9.99. The molecule has 0 unspecified atom stereocenters. The molecule has 3 heteroatoms. The molecule has 0 radical (unpaired) electrons. The largest absolute Gasteiger partial charge is 0.390 e. The highest BCUT2D eigenvalue weighted by molar-refractivity contribution is 5.46. The fraction of sp³-hybridized carbons (Fsp3) is 0.500. The van der Waals surface area contributed by atoms with Crippen molar-refractivity contribution in [2.45, 2.75) is 20.5 Å². The van der Waals surface area contributed by atoms with Crippen LogP contribution in [0.15, 0.2) is 18.3 Å². The van der Waals surface area contributed by atoms with Crippen molar-refractivity contribution in [3.05, 3.63) is 24.0 Å². The molecule has 0 fully saturated rings. The van der Waals surface area contributed by atoms with Crippen LogP contribution < -0.4 is 4.90 Å². The van der Waals surface area contributed by atoms with Gasteiger partial charge in [0.25, 0.3) is 0 Å². The van der Waals surface area contributed by atoms with Crippen LogP contribution in [0.3, 0.4) is 0 Å². The minimum atomic E-state index is 0.00904. The maximum absolute atomic E-state index is 8.91. The van der Waals surface area contributed by atoms with Crippen molar-refractivity contribution in [1.82, 2.24) is 4.98 Å². The average molecular weight is 180 g/mol. The van der Waals surface area contributed by atoms with E-state index in [-0.39, 0.29) is 6.61 Å². The van der Waals surface area contributed by atoms with E-state index in [9.17, 15) is 0 Å². The normalized spacial score (nSPS) is 10.1. The van der Waals surface area contributed by atoms with E-state index in [1.807, 2.05) is 12.1 Å². The van der Waals surface area contributed by atoms with Crippen LogP contribution >= 0.6 is 0 Å². The van der Waals surface area contributed by atoms with Crippen LogP contribution in [0.1, 0.15) is 19.5 Å². The van der Waals surface area contributed by atoms with Crippen LogP contribution in [0.4, 0.5) is 5.69 Å². The first-order valence-corrected chi connectivity index (χ1v) is 4.62. The fourth-order valence-electron chi connectivity index (χ4n) is 1.34. The third kappa shape index (κ3) is 2.42. The fourth-order valence-corrected chi connectivity index (χ4v) is 1.34. The van der Waals surface area contributed by atoms with Crippen LogP contribution in [0.25, 0.3) is 0 Å². The van der Waals surface area contributed by atoms with Crippen molar-refractivity contribution in [3.63, 3.8) is 0 Å². The molecule has 0 aliphatic rings. The Morgan fingerprint density at radius 2 is 2.08 bits per heavy atom. The van der Waals surface area contributed by atoms with Crippen LogP contribution in [0, 0.1) is 0 Å². The van der Waals surface area contributed by atoms with Crippen LogP contribution in [0.2, 0.25) is 0 Å². The maximum Gasteiger partial charge on any atom is 0.0853 e. The molecular weight excluding hydrogens is 164 g/mol. The minimum Gasteiger partial charge on any atom is -0.390 e. The second-order valence-corrected chi connectivity index (χ2v) is 2.84. The molecule has 0 amide bonds. The molecule has 1 rings (SSSR count). The molecule has 1 aromatic rings. The van der Waals surface area contributed by atoms with Gasteiger partial charge in [0.15, 0.2) is 0 Å². The van der Waals surface area contributed by atoms with E-state index in [1.54, 1.807) is 6.20 Å². The Morgan fingerprint density at radius 1 is 1.38 bits per heavy atom. The number of aliphatic hydroxyl groups excluding tert-OH is 1. The number of anilines is 1. The summed E-state index contributed by atoms with van der Waals surface area (Å²) in [6.07, 6.45) is 1.74. The second-order valence-electron chi connectivity index (χ2n) is 2.84. The van der Waals surface area contributed by atoms with Gasteiger partial charge in [0.05, 0.1) is 12.3 Å². The third-order valence-electron chi connectivity index (χ3n) is 2.09. The van der Waals surface area contributed by atoms with Crippen LogP contribution in [-0.4, -0.2) is 23.2 Å². The van der Waals surface area contributed by atoms with Gasteiger partial charge in [-0.05, 0) is 26.0 Å². The third-order valence-corrected chi connectivity index (χ3v) is 2.09. The highest BCUT2D eigenvalue weighted by Crippen LogP contribution is 2.13. The van der Waals surface area contributed by atoms with Gasteiger partial charge in [0.1, 0.15) is 0 Å². The van der Waals surface area contributed by atoms with Gasteiger partial charge in [-0.25, -0.2) is 0 Å². The number of hydrogen-bond acceptors (Lipinski definition) is 3. The molecule has 0 aromatic carbocycles. The zero-order valence-corrected chi connectivity index (χ0v) is 8.20. The molecule has 0 aliphatic carbocycles. The predicted molar refractivity (Wildman–Crippen MR) is 53.7 cm³/mol. The molecule has 72 valence electrons. The smallest absolute Gasteiger partial charge is 0.0853 e. The van der Waals surface area contributed by atoms with Gasteiger partial charge < -0.3 is 10.0 Å². The summed E-state index contributed by atoms with van der Waals surface area (Å²) in [6.45, 7) is 6.19. The lowest BCUT2D eigenvalue weighted by atomic mass is 10.3. The van der Waals surface area contributed by atoms with E-state index in [1.165, 1.54) is 0 Å². The monoisotopic (exact) mass is 180 g/mol. The molecule has 0 saturated carbocycles. The summed E-state index contributed by atoms with van der Waals surface area (Å²) in [7, 11) is 0. The van der Waals surface area contributed by atoms with Crippen molar-refractivity contribution in [2.75, 3.05) is 18.0 Å². The van der Waals surface area contributed by atoms with Gasteiger partial charge >= 0.3 is 0 Å². The van der Waals surface area contributed by atoms with E-state index < -0.39 is 0 Å². The van der Waals surface area contributed by atoms with Gasteiger partial charge in [-0.15, -0.1) is 0 Å². The summed E-state index contributed by atoms with van der Waals surface area (Å²) in [5, 5.41) is 8.91. The van der Waals surface area contributed by atoms with E-state index in [4.69, 9.17) is 5.11 Å². The summed E-state index contributed by atoms with van der Waals surface area (Å²) in [5.74, 6) is 0. The summed E-state index contributed by atoms with van der Waals surface area (Å²) < 4.78 is 0. The number of aliphatic hydroxyl groups is 1. The molecule has 3 nitrogen and oxygen atoms in total. The predicted octanol–water partition coefficient (Wildman–Crippen LogP) is 1.42. The molecule has 0 aliphatic heterocycles. The summed E-state index contributed by atoms with van der Waals surface area (Å²) >= 11 is 0. The van der Waals surface area contributed by atoms with E-state index in [0.29, 0.717) is 0 Å². The number of rotatable bonds is 4. The lowest BCUT2D eigenvalue weighted by Crippen LogP contribution is -2.21. The Balaban J connectivity index is 2.86. The van der Waals surface area contributed by atoms with Crippen molar-refractivity contribution >= 4 is 5.69 Å². The molecule has 1 aromatic heterocycles. The SMILES string of the molecule is CCN(CC)c1ccnc(CO)c1. The standard InChI is InChI=1S/C10H16N2O/c1-3-12(4-2)10-5-6-11-9(7-10)8-13/h5-7,13H,3-4,8H2,1-2H3. The molecule has 13 heavy (non-hydrogen) atoms. The number of hydrogen-bond donors (Lipinski definition) is 1. The number of aromatic nitrogens is 1. The first-order chi connectivity index (χ1) is 6.31. The van der Waals surface area contributed by atoms with E-state index >= 15 is 0 Å².